The summed E-state index contributed by atoms with van der Waals surface area (Å²) in [6.45, 7) is 3.72. The molecule has 0 atom stereocenters. The van der Waals surface area contributed by atoms with Crippen LogP contribution in [0.25, 0.3) is 10.9 Å². The van der Waals surface area contributed by atoms with E-state index >= 15 is 0 Å². The van der Waals surface area contributed by atoms with E-state index in [1.54, 1.807) is 7.11 Å². The Bertz CT molecular complexity index is 840. The number of ether oxygens (including phenoxy) is 1. The van der Waals surface area contributed by atoms with Crippen LogP contribution in [-0.4, -0.2) is 53.5 Å². The first-order chi connectivity index (χ1) is 11.8. The van der Waals surface area contributed by atoms with E-state index in [0.29, 0.717) is 5.88 Å². The fraction of sp³-hybridized carbons (Fsp3) is 0.353. The number of hydrogen-bond donors (Lipinski definition) is 2. The van der Waals surface area contributed by atoms with E-state index in [1.807, 2.05) is 18.3 Å². The number of hydrogen-bond acceptors (Lipinski definition) is 6. The fourth-order valence-electron chi connectivity index (χ4n) is 2.97. The van der Waals surface area contributed by atoms with Crippen molar-refractivity contribution in [2.24, 2.45) is 0 Å². The van der Waals surface area contributed by atoms with Gasteiger partial charge in [0.1, 0.15) is 0 Å². The normalized spacial score (nSPS) is 15.0. The number of methoxy groups -OCH3 is 1. The van der Waals surface area contributed by atoms with Crippen molar-refractivity contribution in [2.75, 3.05) is 38.2 Å². The summed E-state index contributed by atoms with van der Waals surface area (Å²) in [4.78, 5) is 11.5. The molecule has 1 fully saturated rings. The molecule has 0 spiro atoms. The lowest BCUT2D eigenvalue weighted by atomic mass is 10.1. The smallest absolute Gasteiger partial charge is 0.228 e. The molecule has 3 aromatic rings. The second kappa shape index (κ2) is 6.45. The van der Waals surface area contributed by atoms with Gasteiger partial charge in [0.05, 0.1) is 24.5 Å². The van der Waals surface area contributed by atoms with Crippen molar-refractivity contribution in [1.82, 2.24) is 25.5 Å². The second-order valence-electron chi connectivity index (χ2n) is 5.91. The summed E-state index contributed by atoms with van der Waals surface area (Å²) in [5.74, 6) is 1.35. The molecular weight excluding hydrogens is 304 g/mol. The van der Waals surface area contributed by atoms with E-state index in [-0.39, 0.29) is 0 Å². The predicted molar refractivity (Wildman–Crippen MR) is 92.6 cm³/mol. The van der Waals surface area contributed by atoms with Gasteiger partial charge >= 0.3 is 0 Å². The summed E-state index contributed by atoms with van der Waals surface area (Å²) in [5.41, 5.74) is 3.19. The molecule has 2 N–H and O–H groups in total. The molecule has 0 saturated carbocycles. The van der Waals surface area contributed by atoms with E-state index in [1.165, 1.54) is 5.56 Å². The molecule has 3 heterocycles. The van der Waals surface area contributed by atoms with Gasteiger partial charge in [-0.2, -0.15) is 10.1 Å². The fourth-order valence-corrected chi connectivity index (χ4v) is 2.97. The van der Waals surface area contributed by atoms with Crippen LogP contribution in [0.3, 0.4) is 0 Å². The third-order valence-corrected chi connectivity index (χ3v) is 4.24. The van der Waals surface area contributed by atoms with Crippen molar-refractivity contribution >= 4 is 16.9 Å². The highest BCUT2D eigenvalue weighted by Gasteiger charge is 2.15. The number of nitrogens with zero attached hydrogens (tertiary/aromatic N) is 4. The molecule has 1 aromatic carbocycles. The number of rotatable bonds is 4. The number of fused-ring (bicyclic) bond motifs is 1. The average Bonchev–Trinajstić information content (AvgIpc) is 3.10. The Morgan fingerprint density at radius 1 is 1.17 bits per heavy atom. The maximum Gasteiger partial charge on any atom is 0.228 e. The van der Waals surface area contributed by atoms with E-state index in [0.717, 1.165) is 55.1 Å². The van der Waals surface area contributed by atoms with E-state index in [4.69, 9.17) is 9.72 Å². The first-order valence-electron chi connectivity index (χ1n) is 8.11. The van der Waals surface area contributed by atoms with Crippen LogP contribution in [0.15, 0.2) is 30.5 Å². The van der Waals surface area contributed by atoms with Gasteiger partial charge < -0.3 is 15.0 Å². The molecule has 124 valence electrons. The van der Waals surface area contributed by atoms with Gasteiger partial charge in [0.15, 0.2) is 0 Å². The summed E-state index contributed by atoms with van der Waals surface area (Å²) >= 11 is 0. The SMILES string of the molecule is COc1cc(Cc2ccc3[nH]ncc3c2)nc(N2CCNCC2)n1. The van der Waals surface area contributed by atoms with Crippen LogP contribution in [0.2, 0.25) is 0 Å². The first kappa shape index (κ1) is 14.9. The van der Waals surface area contributed by atoms with Gasteiger partial charge in [-0.1, -0.05) is 6.07 Å². The summed E-state index contributed by atoms with van der Waals surface area (Å²) in [6, 6.07) is 8.19. The Labute approximate surface area is 140 Å². The maximum atomic E-state index is 5.37. The molecule has 0 radical (unpaired) electrons. The van der Waals surface area contributed by atoms with Gasteiger partial charge in [0, 0.05) is 44.1 Å². The Morgan fingerprint density at radius 2 is 2.04 bits per heavy atom. The van der Waals surface area contributed by atoms with Crippen LogP contribution >= 0.6 is 0 Å². The standard InChI is InChI=1S/C17H20N6O/c1-24-16-10-14(20-17(21-16)23-6-4-18-5-7-23)9-12-2-3-15-13(8-12)11-19-22-15/h2-3,8,10-11,18H,4-7,9H2,1H3,(H,19,22). The average molecular weight is 324 g/mol. The Kier molecular flexibility index (Phi) is 4.00. The minimum Gasteiger partial charge on any atom is -0.481 e. The number of H-pyrrole nitrogens is 1. The summed E-state index contributed by atoms with van der Waals surface area (Å²) in [7, 11) is 1.64. The van der Waals surface area contributed by atoms with Gasteiger partial charge in [-0.15, -0.1) is 0 Å². The number of anilines is 1. The molecular formula is C17H20N6O. The van der Waals surface area contributed by atoms with Crippen LogP contribution in [0.1, 0.15) is 11.3 Å². The van der Waals surface area contributed by atoms with Crippen LogP contribution in [0.5, 0.6) is 5.88 Å². The molecule has 0 aliphatic carbocycles. The van der Waals surface area contributed by atoms with Crippen LogP contribution in [-0.2, 0) is 6.42 Å². The monoisotopic (exact) mass is 324 g/mol. The minimum absolute atomic E-state index is 0.609. The molecule has 7 nitrogen and oxygen atoms in total. The van der Waals surface area contributed by atoms with Gasteiger partial charge in [-0.3, -0.25) is 5.10 Å². The zero-order chi connectivity index (χ0) is 16.4. The molecule has 0 bridgehead atoms. The summed E-state index contributed by atoms with van der Waals surface area (Å²) < 4.78 is 5.37. The van der Waals surface area contributed by atoms with E-state index in [9.17, 15) is 0 Å². The van der Waals surface area contributed by atoms with Crippen LogP contribution in [0, 0.1) is 0 Å². The highest BCUT2D eigenvalue weighted by atomic mass is 16.5. The molecule has 1 saturated heterocycles. The van der Waals surface area contributed by atoms with Crippen molar-refractivity contribution in [3.63, 3.8) is 0 Å². The van der Waals surface area contributed by atoms with E-state index in [2.05, 4.69) is 37.5 Å². The third kappa shape index (κ3) is 3.03. The highest BCUT2D eigenvalue weighted by molar-refractivity contribution is 5.78. The maximum absolute atomic E-state index is 5.37. The lowest BCUT2D eigenvalue weighted by Gasteiger charge is -2.27. The molecule has 4 rings (SSSR count). The predicted octanol–water partition coefficient (Wildman–Crippen LogP) is 1.36. The first-order valence-corrected chi connectivity index (χ1v) is 8.11. The minimum atomic E-state index is 0.609. The molecule has 24 heavy (non-hydrogen) atoms. The van der Waals surface area contributed by atoms with Crippen molar-refractivity contribution in [2.45, 2.75) is 6.42 Å². The number of aromatic nitrogens is 4. The van der Waals surface area contributed by atoms with Gasteiger partial charge in [0.25, 0.3) is 0 Å². The Balaban J connectivity index is 1.63. The lowest BCUT2D eigenvalue weighted by Crippen LogP contribution is -2.44. The third-order valence-electron chi connectivity index (χ3n) is 4.24. The Morgan fingerprint density at radius 3 is 2.88 bits per heavy atom. The zero-order valence-electron chi connectivity index (χ0n) is 13.6. The summed E-state index contributed by atoms with van der Waals surface area (Å²) in [5, 5.41) is 11.5. The molecule has 1 aliphatic rings. The topological polar surface area (TPSA) is 79.0 Å². The van der Waals surface area contributed by atoms with Gasteiger partial charge in [0.2, 0.25) is 11.8 Å². The van der Waals surface area contributed by atoms with Crippen molar-refractivity contribution < 1.29 is 4.74 Å². The summed E-state index contributed by atoms with van der Waals surface area (Å²) in [6.07, 6.45) is 2.57. The second-order valence-corrected chi connectivity index (χ2v) is 5.91. The van der Waals surface area contributed by atoms with E-state index < -0.39 is 0 Å². The molecule has 1 aliphatic heterocycles. The quantitative estimate of drug-likeness (QED) is 0.754. The van der Waals surface area contributed by atoms with Crippen LogP contribution < -0.4 is 15.0 Å². The van der Waals surface area contributed by atoms with Crippen molar-refractivity contribution in [3.05, 3.63) is 41.7 Å². The zero-order valence-corrected chi connectivity index (χ0v) is 13.6. The van der Waals surface area contributed by atoms with Gasteiger partial charge in [-0.05, 0) is 17.7 Å². The highest BCUT2D eigenvalue weighted by Crippen LogP contribution is 2.20. The van der Waals surface area contributed by atoms with Crippen molar-refractivity contribution in [1.29, 1.82) is 0 Å². The number of piperazine rings is 1. The number of aromatic amines is 1. The lowest BCUT2D eigenvalue weighted by molar-refractivity contribution is 0.395. The largest absolute Gasteiger partial charge is 0.481 e. The number of nitrogens with one attached hydrogen (secondary N) is 2. The van der Waals surface area contributed by atoms with Crippen LogP contribution in [0.4, 0.5) is 5.95 Å². The molecule has 2 aromatic heterocycles. The van der Waals surface area contributed by atoms with Crippen molar-refractivity contribution in [3.8, 4) is 5.88 Å². The molecule has 0 unspecified atom stereocenters. The molecule has 0 amide bonds. The van der Waals surface area contributed by atoms with Gasteiger partial charge in [-0.25, -0.2) is 4.98 Å². The molecule has 7 heteroatoms. The Hall–Kier alpha value is -2.67. The number of benzene rings is 1.